The van der Waals surface area contributed by atoms with E-state index in [1.807, 2.05) is 60.7 Å². The third-order valence-corrected chi connectivity index (χ3v) is 3.85. The number of hydrogen-bond acceptors (Lipinski definition) is 3. The van der Waals surface area contributed by atoms with Crippen LogP contribution < -0.4 is 5.32 Å². The first kappa shape index (κ1) is 16.0. The van der Waals surface area contributed by atoms with Crippen LogP contribution >= 0.6 is 0 Å². The first-order valence-electron chi connectivity index (χ1n) is 7.77. The number of para-hydroxylation sites is 1. The quantitative estimate of drug-likeness (QED) is 0.759. The van der Waals surface area contributed by atoms with Crippen LogP contribution in [0.2, 0.25) is 0 Å². The second kappa shape index (κ2) is 7.10. The van der Waals surface area contributed by atoms with Gasteiger partial charge < -0.3 is 10.4 Å². The Bertz CT molecular complexity index is 813. The molecule has 1 aromatic heterocycles. The lowest BCUT2D eigenvalue weighted by Gasteiger charge is -2.16. The maximum atomic E-state index is 12.6. The monoisotopic (exact) mass is 321 g/mol. The molecule has 0 aliphatic carbocycles. The van der Waals surface area contributed by atoms with Crippen molar-refractivity contribution in [3.8, 4) is 5.69 Å². The lowest BCUT2D eigenvalue weighted by atomic mass is 10.1. The minimum absolute atomic E-state index is 0.165. The molecule has 1 amide bonds. The summed E-state index contributed by atoms with van der Waals surface area (Å²) in [6, 6.07) is 18.6. The van der Waals surface area contributed by atoms with E-state index in [1.54, 1.807) is 17.8 Å². The molecule has 0 spiro atoms. The predicted octanol–water partition coefficient (Wildman–Crippen LogP) is 2.64. The zero-order valence-corrected chi connectivity index (χ0v) is 13.4. The van der Waals surface area contributed by atoms with Gasteiger partial charge in [-0.25, -0.2) is 4.68 Å². The van der Waals surface area contributed by atoms with E-state index in [1.165, 1.54) is 0 Å². The van der Waals surface area contributed by atoms with E-state index in [0.717, 1.165) is 11.3 Å². The highest BCUT2D eigenvalue weighted by Crippen LogP contribution is 2.15. The Labute approximate surface area is 140 Å². The Morgan fingerprint density at radius 1 is 1.12 bits per heavy atom. The number of hydrogen-bond donors (Lipinski definition) is 2. The molecule has 3 aromatic rings. The maximum absolute atomic E-state index is 12.6. The topological polar surface area (TPSA) is 67.2 Å². The maximum Gasteiger partial charge on any atom is 0.255 e. The Kier molecular flexibility index (Phi) is 4.72. The number of nitrogens with zero attached hydrogens (tertiary/aromatic N) is 2. The summed E-state index contributed by atoms with van der Waals surface area (Å²) in [6.07, 6.45) is 1.71. The molecule has 2 N–H and O–H groups in total. The first-order valence-corrected chi connectivity index (χ1v) is 7.77. The minimum atomic E-state index is -0.446. The zero-order chi connectivity index (χ0) is 16.9. The van der Waals surface area contributed by atoms with Crippen LogP contribution in [0.25, 0.3) is 5.69 Å². The molecule has 0 aliphatic heterocycles. The van der Waals surface area contributed by atoms with Crippen molar-refractivity contribution in [1.29, 1.82) is 0 Å². The number of aliphatic hydroxyl groups is 1. The van der Waals surface area contributed by atoms with Gasteiger partial charge in [-0.3, -0.25) is 4.79 Å². The SMILES string of the molecule is Cc1nn(-c2ccccc2)cc1C(=O)NC(CO)c1ccccc1. The Hall–Kier alpha value is -2.92. The molecule has 1 unspecified atom stereocenters. The molecule has 5 heteroatoms. The molecule has 0 saturated heterocycles. The van der Waals surface area contributed by atoms with Gasteiger partial charge in [-0.05, 0) is 24.6 Å². The second-order valence-electron chi connectivity index (χ2n) is 5.53. The number of carbonyl (C=O) groups excluding carboxylic acids is 1. The van der Waals surface area contributed by atoms with Gasteiger partial charge in [0, 0.05) is 6.20 Å². The average molecular weight is 321 g/mol. The zero-order valence-electron chi connectivity index (χ0n) is 13.4. The van der Waals surface area contributed by atoms with Gasteiger partial charge in [-0.1, -0.05) is 48.5 Å². The summed E-state index contributed by atoms with van der Waals surface area (Å²) in [5.74, 6) is -0.252. The van der Waals surface area contributed by atoms with Gasteiger partial charge in [0.25, 0.3) is 5.91 Å². The van der Waals surface area contributed by atoms with Crippen molar-refractivity contribution in [3.05, 3.63) is 83.7 Å². The van der Waals surface area contributed by atoms with Crippen LogP contribution in [0.15, 0.2) is 66.9 Å². The summed E-state index contributed by atoms with van der Waals surface area (Å²) in [4.78, 5) is 12.6. The number of amides is 1. The number of aliphatic hydroxyl groups excluding tert-OH is 1. The van der Waals surface area contributed by atoms with Crippen molar-refractivity contribution >= 4 is 5.91 Å². The molecule has 1 heterocycles. The van der Waals surface area contributed by atoms with Crippen molar-refractivity contribution in [1.82, 2.24) is 15.1 Å². The predicted molar refractivity (Wildman–Crippen MR) is 92.0 cm³/mol. The highest BCUT2D eigenvalue weighted by Gasteiger charge is 2.18. The van der Waals surface area contributed by atoms with E-state index in [4.69, 9.17) is 0 Å². The van der Waals surface area contributed by atoms with Crippen molar-refractivity contribution in [3.63, 3.8) is 0 Å². The minimum Gasteiger partial charge on any atom is -0.394 e. The Balaban J connectivity index is 1.81. The van der Waals surface area contributed by atoms with Crippen molar-refractivity contribution in [2.75, 3.05) is 6.61 Å². The van der Waals surface area contributed by atoms with Crippen LogP contribution in [0.1, 0.15) is 27.7 Å². The Morgan fingerprint density at radius 3 is 2.38 bits per heavy atom. The summed E-state index contributed by atoms with van der Waals surface area (Å²) < 4.78 is 1.68. The molecular weight excluding hydrogens is 302 g/mol. The molecular formula is C19H19N3O2. The second-order valence-corrected chi connectivity index (χ2v) is 5.53. The van der Waals surface area contributed by atoms with Gasteiger partial charge in [0.15, 0.2) is 0 Å². The molecule has 24 heavy (non-hydrogen) atoms. The standard InChI is InChI=1S/C19H19N3O2/c1-14-17(12-22(21-14)16-10-6-3-7-11-16)19(24)20-18(13-23)15-8-4-2-5-9-15/h2-12,18,23H,13H2,1H3,(H,20,24). The lowest BCUT2D eigenvalue weighted by molar-refractivity contribution is 0.0915. The number of nitrogens with one attached hydrogen (secondary N) is 1. The number of aryl methyl sites for hydroxylation is 1. The van der Waals surface area contributed by atoms with E-state index in [0.29, 0.717) is 11.3 Å². The first-order chi connectivity index (χ1) is 11.7. The van der Waals surface area contributed by atoms with Gasteiger partial charge in [0.2, 0.25) is 0 Å². The number of aromatic nitrogens is 2. The molecule has 0 saturated carbocycles. The number of carbonyl (C=O) groups is 1. The number of rotatable bonds is 5. The molecule has 122 valence electrons. The van der Waals surface area contributed by atoms with Crippen molar-refractivity contribution in [2.24, 2.45) is 0 Å². The fraction of sp³-hybridized carbons (Fsp3) is 0.158. The largest absolute Gasteiger partial charge is 0.394 e. The summed E-state index contributed by atoms with van der Waals surface area (Å²) in [5.41, 5.74) is 2.89. The molecule has 5 nitrogen and oxygen atoms in total. The molecule has 0 radical (unpaired) electrons. The van der Waals surface area contributed by atoms with E-state index >= 15 is 0 Å². The van der Waals surface area contributed by atoms with Crippen LogP contribution in [0.5, 0.6) is 0 Å². The van der Waals surface area contributed by atoms with Crippen LogP contribution in [0.3, 0.4) is 0 Å². The molecule has 2 aromatic carbocycles. The summed E-state index contributed by atoms with van der Waals surface area (Å²) in [5, 5.41) is 16.9. The van der Waals surface area contributed by atoms with E-state index in [2.05, 4.69) is 10.4 Å². The number of benzene rings is 2. The fourth-order valence-corrected chi connectivity index (χ4v) is 2.55. The van der Waals surface area contributed by atoms with Crippen LogP contribution in [-0.2, 0) is 0 Å². The van der Waals surface area contributed by atoms with Gasteiger partial charge in [0.1, 0.15) is 0 Å². The summed E-state index contributed by atoms with van der Waals surface area (Å²) in [6.45, 7) is 1.63. The third kappa shape index (κ3) is 3.36. The summed E-state index contributed by atoms with van der Waals surface area (Å²) >= 11 is 0. The highest BCUT2D eigenvalue weighted by atomic mass is 16.3. The van der Waals surface area contributed by atoms with E-state index in [-0.39, 0.29) is 12.5 Å². The fourth-order valence-electron chi connectivity index (χ4n) is 2.55. The Morgan fingerprint density at radius 2 is 1.75 bits per heavy atom. The van der Waals surface area contributed by atoms with Crippen LogP contribution in [-0.4, -0.2) is 27.4 Å². The van der Waals surface area contributed by atoms with Gasteiger partial charge in [0.05, 0.1) is 29.6 Å². The van der Waals surface area contributed by atoms with Crippen molar-refractivity contribution in [2.45, 2.75) is 13.0 Å². The summed E-state index contributed by atoms with van der Waals surface area (Å²) in [7, 11) is 0. The average Bonchev–Trinajstić information content (AvgIpc) is 3.03. The van der Waals surface area contributed by atoms with Gasteiger partial charge in [-0.2, -0.15) is 5.10 Å². The molecule has 1 atom stereocenters. The van der Waals surface area contributed by atoms with Crippen LogP contribution in [0.4, 0.5) is 0 Å². The van der Waals surface area contributed by atoms with Crippen LogP contribution in [0, 0.1) is 6.92 Å². The van der Waals surface area contributed by atoms with Crippen molar-refractivity contribution < 1.29 is 9.90 Å². The van der Waals surface area contributed by atoms with Gasteiger partial charge in [-0.15, -0.1) is 0 Å². The lowest BCUT2D eigenvalue weighted by Crippen LogP contribution is -2.31. The normalized spacial score (nSPS) is 11.9. The van der Waals surface area contributed by atoms with Gasteiger partial charge >= 0.3 is 0 Å². The highest BCUT2D eigenvalue weighted by molar-refractivity contribution is 5.95. The molecule has 0 bridgehead atoms. The molecule has 0 aliphatic rings. The third-order valence-electron chi connectivity index (χ3n) is 3.85. The smallest absolute Gasteiger partial charge is 0.255 e. The van der Waals surface area contributed by atoms with E-state index < -0.39 is 6.04 Å². The van der Waals surface area contributed by atoms with E-state index in [9.17, 15) is 9.90 Å². The molecule has 0 fully saturated rings. The molecule has 3 rings (SSSR count).